The van der Waals surface area contributed by atoms with Crippen LogP contribution in [-0.4, -0.2) is 26.2 Å². The predicted molar refractivity (Wildman–Crippen MR) is 76.4 cm³/mol. The predicted octanol–water partition coefficient (Wildman–Crippen LogP) is 1.85. The summed E-state index contributed by atoms with van der Waals surface area (Å²) >= 11 is 0. The molecule has 0 heterocycles. The number of hydrogen-bond acceptors (Lipinski definition) is 3. The summed E-state index contributed by atoms with van der Waals surface area (Å²) in [6.07, 6.45) is 1.63. The Balaban J connectivity index is 3.02. The van der Waals surface area contributed by atoms with Crippen molar-refractivity contribution in [1.82, 2.24) is 4.72 Å². The van der Waals surface area contributed by atoms with E-state index in [-0.39, 0.29) is 11.5 Å². The molecular weight excluding hydrogens is 262 g/mol. The van der Waals surface area contributed by atoms with Gasteiger partial charge in [0.15, 0.2) is 0 Å². The van der Waals surface area contributed by atoms with Gasteiger partial charge in [-0.2, -0.15) is 0 Å². The first-order chi connectivity index (χ1) is 8.73. The van der Waals surface area contributed by atoms with Crippen LogP contribution in [0.1, 0.15) is 19.4 Å². The maximum Gasteiger partial charge on any atom is 0.240 e. The van der Waals surface area contributed by atoms with E-state index in [1.54, 1.807) is 30.3 Å². The second-order valence-electron chi connectivity index (χ2n) is 5.19. The van der Waals surface area contributed by atoms with Gasteiger partial charge in [-0.25, -0.2) is 13.1 Å². The van der Waals surface area contributed by atoms with Crippen LogP contribution in [0.5, 0.6) is 0 Å². The van der Waals surface area contributed by atoms with E-state index in [9.17, 15) is 13.5 Å². The third-order valence-corrected chi connectivity index (χ3v) is 4.72. The highest BCUT2D eigenvalue weighted by atomic mass is 32.2. The summed E-state index contributed by atoms with van der Waals surface area (Å²) in [6.45, 7) is 8.91. The molecule has 0 aromatic heterocycles. The summed E-state index contributed by atoms with van der Waals surface area (Å²) in [4.78, 5) is 0.191. The minimum Gasteiger partial charge on any atom is -0.395 e. The first kappa shape index (κ1) is 15.9. The molecule has 0 aliphatic carbocycles. The molecule has 0 radical (unpaired) electrons. The molecule has 5 heteroatoms. The monoisotopic (exact) mass is 283 g/mol. The van der Waals surface area contributed by atoms with Gasteiger partial charge in [-0.05, 0) is 19.1 Å². The number of benzene rings is 1. The molecule has 0 fully saturated rings. The molecule has 0 amide bonds. The van der Waals surface area contributed by atoms with Crippen molar-refractivity contribution >= 4 is 10.0 Å². The van der Waals surface area contributed by atoms with Crippen molar-refractivity contribution in [2.24, 2.45) is 5.41 Å². The van der Waals surface area contributed by atoms with Crippen molar-refractivity contribution in [1.29, 1.82) is 0 Å². The highest BCUT2D eigenvalue weighted by Crippen LogP contribution is 2.23. The number of aryl methyl sites for hydroxylation is 1. The smallest absolute Gasteiger partial charge is 0.240 e. The molecule has 0 aliphatic rings. The number of aliphatic hydroxyl groups is 1. The molecule has 1 aromatic carbocycles. The minimum atomic E-state index is -3.64. The van der Waals surface area contributed by atoms with Gasteiger partial charge in [0.1, 0.15) is 0 Å². The molecule has 1 rings (SSSR count). The zero-order valence-electron chi connectivity index (χ0n) is 11.6. The molecule has 0 saturated carbocycles. The molecule has 4 nitrogen and oxygen atoms in total. The first-order valence-electron chi connectivity index (χ1n) is 6.06. The fourth-order valence-corrected chi connectivity index (χ4v) is 2.92. The van der Waals surface area contributed by atoms with Crippen LogP contribution < -0.4 is 4.72 Å². The Hall–Kier alpha value is -1.17. The molecule has 0 bridgehead atoms. The number of rotatable bonds is 6. The van der Waals surface area contributed by atoms with E-state index in [0.29, 0.717) is 0 Å². The second kappa shape index (κ2) is 5.86. The Morgan fingerprint density at radius 2 is 1.89 bits per heavy atom. The molecular formula is C14H21NO3S. The maximum atomic E-state index is 12.2. The second-order valence-corrected chi connectivity index (χ2v) is 6.91. The van der Waals surface area contributed by atoms with Crippen molar-refractivity contribution in [2.45, 2.75) is 31.7 Å². The molecule has 0 spiro atoms. The van der Waals surface area contributed by atoms with Crippen LogP contribution >= 0.6 is 0 Å². The van der Waals surface area contributed by atoms with Gasteiger partial charge in [0.2, 0.25) is 10.0 Å². The van der Waals surface area contributed by atoms with Crippen LogP contribution in [0.4, 0.5) is 0 Å². The maximum absolute atomic E-state index is 12.2. The van der Waals surface area contributed by atoms with E-state index in [0.717, 1.165) is 5.56 Å². The summed E-state index contributed by atoms with van der Waals surface area (Å²) in [6, 6.07) is 5.96. The molecule has 0 saturated heterocycles. The Kier molecular flexibility index (Phi) is 4.90. The molecule has 106 valence electrons. The summed E-state index contributed by atoms with van der Waals surface area (Å²) in [5.74, 6) is 0. The van der Waals surface area contributed by atoms with Crippen LogP contribution in [-0.2, 0) is 10.0 Å². The van der Waals surface area contributed by atoms with Gasteiger partial charge in [-0.1, -0.05) is 37.6 Å². The molecule has 1 aromatic rings. The average molecular weight is 283 g/mol. The fraction of sp³-hybridized carbons (Fsp3) is 0.429. The number of hydrogen-bond donors (Lipinski definition) is 2. The van der Waals surface area contributed by atoms with Crippen LogP contribution in [0.3, 0.4) is 0 Å². The topological polar surface area (TPSA) is 66.4 Å². The summed E-state index contributed by atoms with van der Waals surface area (Å²) in [7, 11) is -3.64. The SMILES string of the molecule is C=CC(C)(C)[C@@H](CO)NS(=O)(=O)c1ccc(C)cc1. The third-order valence-electron chi connectivity index (χ3n) is 3.24. The Morgan fingerprint density at radius 3 is 2.32 bits per heavy atom. The molecule has 2 N–H and O–H groups in total. The molecule has 0 unspecified atom stereocenters. The van der Waals surface area contributed by atoms with Gasteiger partial charge in [-0.3, -0.25) is 0 Å². The lowest BCUT2D eigenvalue weighted by Gasteiger charge is -2.30. The van der Waals surface area contributed by atoms with Crippen molar-refractivity contribution < 1.29 is 13.5 Å². The zero-order chi connectivity index (χ0) is 14.7. The highest BCUT2D eigenvalue weighted by Gasteiger charge is 2.30. The Morgan fingerprint density at radius 1 is 1.37 bits per heavy atom. The largest absolute Gasteiger partial charge is 0.395 e. The molecule has 1 atom stereocenters. The van der Waals surface area contributed by atoms with Crippen molar-refractivity contribution in [2.75, 3.05) is 6.61 Å². The number of aliphatic hydroxyl groups excluding tert-OH is 1. The lowest BCUT2D eigenvalue weighted by molar-refractivity contribution is 0.195. The van der Waals surface area contributed by atoms with Crippen LogP contribution in [0.15, 0.2) is 41.8 Å². The highest BCUT2D eigenvalue weighted by molar-refractivity contribution is 7.89. The van der Waals surface area contributed by atoms with E-state index >= 15 is 0 Å². The van der Waals surface area contributed by atoms with Gasteiger partial charge < -0.3 is 5.11 Å². The Bertz CT molecular complexity index is 532. The molecule has 0 aliphatic heterocycles. The summed E-state index contributed by atoms with van der Waals surface area (Å²) in [5, 5.41) is 9.37. The van der Waals surface area contributed by atoms with Gasteiger partial charge in [0.05, 0.1) is 17.5 Å². The lowest BCUT2D eigenvalue weighted by atomic mass is 9.86. The third kappa shape index (κ3) is 3.89. The van der Waals surface area contributed by atoms with E-state index < -0.39 is 21.5 Å². The van der Waals surface area contributed by atoms with Crippen LogP contribution in [0.25, 0.3) is 0 Å². The van der Waals surface area contributed by atoms with E-state index in [1.165, 1.54) is 0 Å². The first-order valence-corrected chi connectivity index (χ1v) is 7.54. The van der Waals surface area contributed by atoms with Crippen molar-refractivity contribution in [3.05, 3.63) is 42.5 Å². The van der Waals surface area contributed by atoms with E-state index in [4.69, 9.17) is 0 Å². The lowest BCUT2D eigenvalue weighted by Crippen LogP contribution is -2.46. The standard InChI is InChI=1S/C14H21NO3S/c1-5-14(3,4)13(10-16)15-19(17,18)12-8-6-11(2)7-9-12/h5-9,13,15-16H,1,10H2,2-4H3/t13-/m1/s1. The Labute approximate surface area is 115 Å². The summed E-state index contributed by atoms with van der Waals surface area (Å²) in [5.41, 5.74) is 0.455. The van der Waals surface area contributed by atoms with Crippen molar-refractivity contribution in [3.63, 3.8) is 0 Å². The van der Waals surface area contributed by atoms with E-state index in [1.807, 2.05) is 20.8 Å². The van der Waals surface area contributed by atoms with Gasteiger partial charge in [0.25, 0.3) is 0 Å². The molecule has 19 heavy (non-hydrogen) atoms. The van der Waals surface area contributed by atoms with Crippen LogP contribution in [0, 0.1) is 12.3 Å². The van der Waals surface area contributed by atoms with Gasteiger partial charge in [-0.15, -0.1) is 6.58 Å². The van der Waals surface area contributed by atoms with Crippen LogP contribution in [0.2, 0.25) is 0 Å². The number of sulfonamides is 1. The fourth-order valence-electron chi connectivity index (χ4n) is 1.54. The van der Waals surface area contributed by atoms with Crippen molar-refractivity contribution in [3.8, 4) is 0 Å². The normalized spacial score (nSPS) is 14.1. The number of nitrogens with one attached hydrogen (secondary N) is 1. The minimum absolute atomic E-state index is 0.191. The quantitative estimate of drug-likeness (QED) is 0.783. The van der Waals surface area contributed by atoms with Gasteiger partial charge in [0, 0.05) is 5.41 Å². The van der Waals surface area contributed by atoms with E-state index in [2.05, 4.69) is 11.3 Å². The van der Waals surface area contributed by atoms with Gasteiger partial charge >= 0.3 is 0 Å². The summed E-state index contributed by atoms with van der Waals surface area (Å²) < 4.78 is 27.0. The average Bonchev–Trinajstić information content (AvgIpc) is 2.36. The zero-order valence-corrected chi connectivity index (χ0v) is 12.4.